The Morgan fingerprint density at radius 2 is 2.05 bits per heavy atom. The van der Waals surface area contributed by atoms with Crippen molar-refractivity contribution in [1.29, 1.82) is 0 Å². The lowest BCUT2D eigenvalue weighted by molar-refractivity contribution is -0.384. The molecule has 0 aliphatic heterocycles. The van der Waals surface area contributed by atoms with Gasteiger partial charge in [-0.15, -0.1) is 0 Å². The lowest BCUT2D eigenvalue weighted by atomic mass is 10.3. The van der Waals surface area contributed by atoms with Crippen LogP contribution in [0.4, 0.5) is 5.69 Å². The zero-order valence-corrected chi connectivity index (χ0v) is 12.4. The van der Waals surface area contributed by atoms with Gasteiger partial charge in [0.1, 0.15) is 12.2 Å². The minimum Gasteiger partial charge on any atom is -0.465 e. The van der Waals surface area contributed by atoms with Crippen molar-refractivity contribution in [2.45, 2.75) is 27.3 Å². The first kappa shape index (κ1) is 16.7. The molecule has 0 aromatic carbocycles. The molecule has 0 aliphatic rings. The van der Waals surface area contributed by atoms with Gasteiger partial charge in [0.25, 0.3) is 11.6 Å². The highest BCUT2D eigenvalue weighted by atomic mass is 16.6. The van der Waals surface area contributed by atoms with Crippen LogP contribution < -0.4 is 0 Å². The van der Waals surface area contributed by atoms with Crippen LogP contribution in [0.15, 0.2) is 12.3 Å². The molecule has 0 unspecified atom stereocenters. The van der Waals surface area contributed by atoms with Gasteiger partial charge in [0.2, 0.25) is 0 Å². The maximum atomic E-state index is 12.4. The second-order valence-electron chi connectivity index (χ2n) is 4.25. The monoisotopic (exact) mass is 297 g/mol. The Morgan fingerprint density at radius 1 is 1.38 bits per heavy atom. The van der Waals surface area contributed by atoms with Crippen molar-refractivity contribution in [2.24, 2.45) is 0 Å². The minimum absolute atomic E-state index is 0.146. The molecule has 0 bridgehead atoms. The van der Waals surface area contributed by atoms with E-state index >= 15 is 0 Å². The van der Waals surface area contributed by atoms with Gasteiger partial charge in [0.15, 0.2) is 0 Å². The molecule has 116 valence electrons. The molecule has 0 saturated heterocycles. The summed E-state index contributed by atoms with van der Waals surface area (Å²) in [6.45, 7) is 5.98. The Labute approximate surface area is 122 Å². The van der Waals surface area contributed by atoms with Gasteiger partial charge in [-0.05, 0) is 20.8 Å². The highest BCUT2D eigenvalue weighted by Crippen LogP contribution is 2.18. The molecule has 0 spiro atoms. The van der Waals surface area contributed by atoms with E-state index < -0.39 is 16.8 Å². The van der Waals surface area contributed by atoms with Gasteiger partial charge in [0.05, 0.1) is 17.7 Å². The summed E-state index contributed by atoms with van der Waals surface area (Å²) in [5.41, 5.74) is 0.0442. The topological polar surface area (TPSA) is 94.7 Å². The zero-order valence-electron chi connectivity index (χ0n) is 12.4. The number of likely N-dealkylation sites (N-methyl/N-ethyl adjacent to an activating group) is 1. The fraction of sp³-hybridized carbons (Fsp3) is 0.538. The molecule has 0 atom stereocenters. The number of hydrogen-bond donors (Lipinski definition) is 0. The fourth-order valence-corrected chi connectivity index (χ4v) is 1.89. The summed E-state index contributed by atoms with van der Waals surface area (Å²) in [4.78, 5) is 35.4. The van der Waals surface area contributed by atoms with Gasteiger partial charge in [-0.3, -0.25) is 19.7 Å². The van der Waals surface area contributed by atoms with Crippen molar-refractivity contribution in [3.8, 4) is 0 Å². The maximum absolute atomic E-state index is 12.4. The Morgan fingerprint density at radius 3 is 2.52 bits per heavy atom. The third kappa shape index (κ3) is 4.04. The van der Waals surface area contributed by atoms with Crippen LogP contribution in [0.5, 0.6) is 0 Å². The van der Waals surface area contributed by atoms with Crippen molar-refractivity contribution < 1.29 is 19.2 Å². The van der Waals surface area contributed by atoms with E-state index in [-0.39, 0.29) is 24.5 Å². The van der Waals surface area contributed by atoms with Crippen LogP contribution in [0.25, 0.3) is 0 Å². The smallest absolute Gasteiger partial charge is 0.325 e. The van der Waals surface area contributed by atoms with Gasteiger partial charge >= 0.3 is 5.97 Å². The molecular formula is C13H19N3O5. The summed E-state index contributed by atoms with van der Waals surface area (Å²) in [6.07, 6.45) is 1.31. The van der Waals surface area contributed by atoms with E-state index in [1.807, 2.05) is 0 Å². The van der Waals surface area contributed by atoms with Gasteiger partial charge in [-0.1, -0.05) is 0 Å². The van der Waals surface area contributed by atoms with Gasteiger partial charge in [-0.25, -0.2) is 0 Å². The third-order valence-corrected chi connectivity index (χ3v) is 2.95. The van der Waals surface area contributed by atoms with Gasteiger partial charge < -0.3 is 14.2 Å². The van der Waals surface area contributed by atoms with Crippen molar-refractivity contribution in [3.63, 3.8) is 0 Å². The van der Waals surface area contributed by atoms with Crippen molar-refractivity contribution in [3.05, 3.63) is 28.1 Å². The first-order valence-corrected chi connectivity index (χ1v) is 6.73. The summed E-state index contributed by atoms with van der Waals surface area (Å²) in [7, 11) is 0. The number of esters is 1. The Kier molecular flexibility index (Phi) is 5.89. The number of ether oxygens (including phenoxy) is 1. The Bertz CT molecular complexity index is 538. The van der Waals surface area contributed by atoms with E-state index in [2.05, 4.69) is 0 Å². The molecule has 21 heavy (non-hydrogen) atoms. The molecule has 0 aliphatic carbocycles. The molecule has 8 heteroatoms. The van der Waals surface area contributed by atoms with Gasteiger partial charge in [-0.2, -0.15) is 0 Å². The van der Waals surface area contributed by atoms with Crippen LogP contribution in [-0.2, 0) is 16.1 Å². The average molecular weight is 297 g/mol. The number of nitrogens with zero attached hydrogens (tertiary/aromatic N) is 3. The highest BCUT2D eigenvalue weighted by molar-refractivity contribution is 5.95. The predicted molar refractivity (Wildman–Crippen MR) is 75.0 cm³/mol. The van der Waals surface area contributed by atoms with Crippen LogP contribution in [0.3, 0.4) is 0 Å². The van der Waals surface area contributed by atoms with Crippen LogP contribution in [-0.4, -0.2) is 46.0 Å². The minimum atomic E-state index is -0.551. The molecular weight excluding hydrogens is 278 g/mol. The lowest BCUT2D eigenvalue weighted by Gasteiger charge is -2.20. The van der Waals surface area contributed by atoms with Crippen molar-refractivity contribution in [1.82, 2.24) is 9.47 Å². The molecule has 0 N–H and O–H groups in total. The standard InChI is InChI=1S/C13H19N3O5/c1-4-14-8-10(16(19)20)7-11(14)13(18)15(5-2)9-12(17)21-6-3/h7-8H,4-6,9H2,1-3H3. The Balaban J connectivity index is 2.99. The molecule has 1 aromatic heterocycles. The van der Waals surface area contributed by atoms with Crippen molar-refractivity contribution in [2.75, 3.05) is 19.7 Å². The molecule has 0 fully saturated rings. The van der Waals surface area contributed by atoms with E-state index in [9.17, 15) is 19.7 Å². The summed E-state index contributed by atoms with van der Waals surface area (Å²) in [6, 6.07) is 1.22. The van der Waals surface area contributed by atoms with E-state index in [0.29, 0.717) is 13.1 Å². The molecule has 8 nitrogen and oxygen atoms in total. The zero-order chi connectivity index (χ0) is 16.0. The van der Waals surface area contributed by atoms with Crippen LogP contribution in [0.1, 0.15) is 31.3 Å². The predicted octanol–water partition coefficient (Wildman–Crippen LogP) is 1.44. The largest absolute Gasteiger partial charge is 0.465 e. The third-order valence-electron chi connectivity index (χ3n) is 2.95. The van der Waals surface area contributed by atoms with Crippen LogP contribution in [0, 0.1) is 10.1 Å². The number of carbonyl (C=O) groups is 2. The van der Waals surface area contributed by atoms with Gasteiger partial charge in [0, 0.05) is 19.2 Å². The first-order chi connectivity index (χ1) is 9.94. The van der Waals surface area contributed by atoms with E-state index in [0.717, 1.165) is 0 Å². The molecule has 0 radical (unpaired) electrons. The lowest BCUT2D eigenvalue weighted by Crippen LogP contribution is -2.37. The molecule has 1 rings (SSSR count). The molecule has 1 heterocycles. The SMILES string of the molecule is CCOC(=O)CN(CC)C(=O)c1cc([N+](=O)[O-])cn1CC. The van der Waals surface area contributed by atoms with Crippen LogP contribution >= 0.6 is 0 Å². The number of rotatable bonds is 7. The quantitative estimate of drug-likeness (QED) is 0.431. The number of carbonyl (C=O) groups excluding carboxylic acids is 2. The van der Waals surface area contributed by atoms with E-state index in [1.165, 1.54) is 21.7 Å². The van der Waals surface area contributed by atoms with E-state index in [1.54, 1.807) is 20.8 Å². The molecule has 0 saturated carbocycles. The normalized spacial score (nSPS) is 10.2. The summed E-state index contributed by atoms with van der Waals surface area (Å²) in [5.74, 6) is -0.933. The van der Waals surface area contributed by atoms with E-state index in [4.69, 9.17) is 4.74 Å². The first-order valence-electron chi connectivity index (χ1n) is 6.73. The molecule has 1 aromatic rings. The maximum Gasteiger partial charge on any atom is 0.325 e. The Hall–Kier alpha value is -2.38. The second-order valence-corrected chi connectivity index (χ2v) is 4.25. The number of hydrogen-bond acceptors (Lipinski definition) is 5. The number of aryl methyl sites for hydroxylation is 1. The number of amides is 1. The summed E-state index contributed by atoms with van der Waals surface area (Å²) < 4.78 is 6.31. The second kappa shape index (κ2) is 7.41. The highest BCUT2D eigenvalue weighted by Gasteiger charge is 2.24. The average Bonchev–Trinajstić information content (AvgIpc) is 2.88. The molecule has 1 amide bonds. The van der Waals surface area contributed by atoms with Crippen LogP contribution in [0.2, 0.25) is 0 Å². The number of aromatic nitrogens is 1. The summed E-state index contributed by atoms with van der Waals surface area (Å²) in [5, 5.41) is 10.8. The summed E-state index contributed by atoms with van der Waals surface area (Å²) >= 11 is 0. The van der Waals surface area contributed by atoms with Crippen molar-refractivity contribution >= 4 is 17.6 Å². The fourth-order valence-electron chi connectivity index (χ4n) is 1.89. The number of nitro groups is 1.